The van der Waals surface area contributed by atoms with Gasteiger partial charge in [0.15, 0.2) is 5.82 Å². The average molecular weight is 149 g/mol. The summed E-state index contributed by atoms with van der Waals surface area (Å²) in [6, 6.07) is 1.33. The molecule has 1 rings (SSSR count). The van der Waals surface area contributed by atoms with Crippen LogP contribution in [0.5, 0.6) is 0 Å². The summed E-state index contributed by atoms with van der Waals surface area (Å²) in [6.45, 7) is 0.263. The summed E-state index contributed by atoms with van der Waals surface area (Å²) in [5, 5.41) is 0. The van der Waals surface area contributed by atoms with E-state index in [1.165, 1.54) is 12.3 Å². The molecule has 0 aliphatic carbocycles. The highest BCUT2D eigenvalue weighted by molar-refractivity contribution is 5.19. The van der Waals surface area contributed by atoms with Gasteiger partial charge in [0.2, 0.25) is 0 Å². The largest absolute Gasteiger partial charge is 0.320 e. The highest BCUT2D eigenvalue weighted by atomic mass is 16.1. The quantitative estimate of drug-likeness (QED) is 0.468. The standard InChI is InChI=1S/C7H7N3O/c8-4-1-2-6-9-5-3-7(11)10-6/h3,5H,4,8H2,(H,9,10,11). The van der Waals surface area contributed by atoms with Crippen LogP contribution in [0.15, 0.2) is 17.1 Å². The molecule has 0 spiro atoms. The molecule has 0 amide bonds. The van der Waals surface area contributed by atoms with E-state index in [0.717, 1.165) is 0 Å². The molecule has 0 aliphatic rings. The first kappa shape index (κ1) is 7.51. The van der Waals surface area contributed by atoms with E-state index in [4.69, 9.17) is 5.73 Å². The topological polar surface area (TPSA) is 71.8 Å². The Morgan fingerprint density at radius 2 is 2.55 bits per heavy atom. The zero-order valence-corrected chi connectivity index (χ0v) is 5.79. The molecule has 3 N–H and O–H groups in total. The minimum atomic E-state index is -0.207. The summed E-state index contributed by atoms with van der Waals surface area (Å²) in [4.78, 5) is 16.9. The zero-order valence-electron chi connectivity index (χ0n) is 5.79. The molecule has 0 aromatic carbocycles. The van der Waals surface area contributed by atoms with Gasteiger partial charge in [-0.2, -0.15) is 0 Å². The summed E-state index contributed by atoms with van der Waals surface area (Å²) in [5.74, 6) is 5.53. The van der Waals surface area contributed by atoms with Gasteiger partial charge >= 0.3 is 0 Å². The molecule has 4 heteroatoms. The molecule has 0 atom stereocenters. The molecule has 0 bridgehead atoms. The Hall–Kier alpha value is -1.60. The second kappa shape index (κ2) is 3.54. The van der Waals surface area contributed by atoms with Crippen molar-refractivity contribution in [2.75, 3.05) is 6.54 Å². The molecule has 1 aromatic rings. The molecular formula is C7H7N3O. The molecule has 0 saturated heterocycles. The molecule has 1 aromatic heterocycles. The first-order chi connectivity index (χ1) is 5.33. The van der Waals surface area contributed by atoms with Gasteiger partial charge in [-0.05, 0) is 5.92 Å². The van der Waals surface area contributed by atoms with Crippen LogP contribution in [0.2, 0.25) is 0 Å². The number of aromatic nitrogens is 2. The average Bonchev–Trinajstić information content (AvgIpc) is 2.01. The number of hydrogen-bond donors (Lipinski definition) is 2. The molecule has 0 unspecified atom stereocenters. The number of nitrogens with zero attached hydrogens (tertiary/aromatic N) is 1. The number of rotatable bonds is 0. The molecule has 0 aliphatic heterocycles. The van der Waals surface area contributed by atoms with Crippen LogP contribution in [0.4, 0.5) is 0 Å². The Morgan fingerprint density at radius 3 is 3.18 bits per heavy atom. The molecular weight excluding hydrogens is 142 g/mol. The maximum atomic E-state index is 10.7. The summed E-state index contributed by atoms with van der Waals surface area (Å²) in [6.07, 6.45) is 1.40. The van der Waals surface area contributed by atoms with Crippen LogP contribution in [0.25, 0.3) is 0 Å². The molecule has 56 valence electrons. The fourth-order valence-corrected chi connectivity index (χ4v) is 0.568. The number of nitrogens with one attached hydrogen (secondary N) is 1. The lowest BCUT2D eigenvalue weighted by Crippen LogP contribution is -2.06. The van der Waals surface area contributed by atoms with Gasteiger partial charge in [-0.15, -0.1) is 0 Å². The molecule has 0 fully saturated rings. The van der Waals surface area contributed by atoms with Crippen LogP contribution in [0.3, 0.4) is 0 Å². The Labute approximate surface area is 63.5 Å². The van der Waals surface area contributed by atoms with Gasteiger partial charge in [0.25, 0.3) is 5.56 Å². The smallest absolute Gasteiger partial charge is 0.251 e. The van der Waals surface area contributed by atoms with Crippen LogP contribution in [-0.2, 0) is 0 Å². The summed E-state index contributed by atoms with van der Waals surface area (Å²) in [5.41, 5.74) is 4.91. The van der Waals surface area contributed by atoms with Crippen LogP contribution < -0.4 is 11.3 Å². The van der Waals surface area contributed by atoms with Gasteiger partial charge in [0, 0.05) is 12.3 Å². The predicted octanol–water partition coefficient (Wildman–Crippen LogP) is -0.920. The third-order valence-corrected chi connectivity index (χ3v) is 0.980. The minimum Gasteiger partial charge on any atom is -0.320 e. The van der Waals surface area contributed by atoms with E-state index < -0.39 is 0 Å². The monoisotopic (exact) mass is 149 g/mol. The van der Waals surface area contributed by atoms with Crippen LogP contribution >= 0.6 is 0 Å². The van der Waals surface area contributed by atoms with Crippen molar-refractivity contribution >= 4 is 0 Å². The van der Waals surface area contributed by atoms with Crippen molar-refractivity contribution in [3.05, 3.63) is 28.4 Å². The Balaban J connectivity index is 2.97. The first-order valence-electron chi connectivity index (χ1n) is 3.07. The highest BCUT2D eigenvalue weighted by Gasteiger charge is 1.85. The highest BCUT2D eigenvalue weighted by Crippen LogP contribution is 1.76. The Morgan fingerprint density at radius 1 is 1.73 bits per heavy atom. The van der Waals surface area contributed by atoms with Crippen molar-refractivity contribution in [3.63, 3.8) is 0 Å². The maximum absolute atomic E-state index is 10.7. The van der Waals surface area contributed by atoms with Crippen molar-refractivity contribution in [1.29, 1.82) is 0 Å². The third-order valence-electron chi connectivity index (χ3n) is 0.980. The van der Waals surface area contributed by atoms with Gasteiger partial charge < -0.3 is 5.73 Å². The van der Waals surface area contributed by atoms with E-state index in [0.29, 0.717) is 5.82 Å². The van der Waals surface area contributed by atoms with Crippen LogP contribution in [0, 0.1) is 11.8 Å². The van der Waals surface area contributed by atoms with E-state index in [1.807, 2.05) is 0 Å². The van der Waals surface area contributed by atoms with Crippen LogP contribution in [0.1, 0.15) is 5.82 Å². The Bertz CT molecular complexity index is 344. The van der Waals surface area contributed by atoms with Crippen LogP contribution in [-0.4, -0.2) is 16.5 Å². The molecule has 11 heavy (non-hydrogen) atoms. The van der Waals surface area contributed by atoms with Gasteiger partial charge in [0.05, 0.1) is 6.54 Å². The molecule has 0 radical (unpaired) electrons. The first-order valence-corrected chi connectivity index (χ1v) is 3.07. The van der Waals surface area contributed by atoms with E-state index >= 15 is 0 Å². The fraction of sp³-hybridized carbons (Fsp3) is 0.143. The summed E-state index contributed by atoms with van der Waals surface area (Å²) in [7, 11) is 0. The lowest BCUT2D eigenvalue weighted by molar-refractivity contribution is 1.08. The lowest BCUT2D eigenvalue weighted by Gasteiger charge is -1.85. The maximum Gasteiger partial charge on any atom is 0.251 e. The fourth-order valence-electron chi connectivity index (χ4n) is 0.568. The second-order valence-corrected chi connectivity index (χ2v) is 1.79. The number of aromatic amines is 1. The number of hydrogen-bond acceptors (Lipinski definition) is 3. The van der Waals surface area contributed by atoms with Crippen molar-refractivity contribution in [2.45, 2.75) is 0 Å². The molecule has 4 nitrogen and oxygen atoms in total. The molecule has 0 saturated carbocycles. The minimum absolute atomic E-state index is 0.207. The second-order valence-electron chi connectivity index (χ2n) is 1.79. The molecule has 1 heterocycles. The van der Waals surface area contributed by atoms with Gasteiger partial charge in [-0.1, -0.05) is 5.92 Å². The van der Waals surface area contributed by atoms with Crippen molar-refractivity contribution in [1.82, 2.24) is 9.97 Å². The van der Waals surface area contributed by atoms with Gasteiger partial charge in [-0.25, -0.2) is 4.98 Å². The van der Waals surface area contributed by atoms with E-state index in [9.17, 15) is 4.79 Å². The normalized spacial score (nSPS) is 8.45. The van der Waals surface area contributed by atoms with Crippen molar-refractivity contribution < 1.29 is 0 Å². The summed E-state index contributed by atoms with van der Waals surface area (Å²) >= 11 is 0. The van der Waals surface area contributed by atoms with Crippen molar-refractivity contribution in [3.8, 4) is 11.8 Å². The SMILES string of the molecule is NCC#Cc1nccc(=O)[nH]1. The van der Waals surface area contributed by atoms with E-state index in [-0.39, 0.29) is 12.1 Å². The third kappa shape index (κ3) is 2.24. The van der Waals surface area contributed by atoms with Gasteiger partial charge in [-0.3, -0.25) is 9.78 Å². The Kier molecular flexibility index (Phi) is 2.42. The van der Waals surface area contributed by atoms with Crippen molar-refractivity contribution in [2.24, 2.45) is 5.73 Å². The predicted molar refractivity (Wildman–Crippen MR) is 40.8 cm³/mol. The van der Waals surface area contributed by atoms with Gasteiger partial charge in [0.1, 0.15) is 0 Å². The number of H-pyrrole nitrogens is 1. The van der Waals surface area contributed by atoms with E-state index in [1.54, 1.807) is 0 Å². The number of nitrogens with two attached hydrogens (primary N) is 1. The lowest BCUT2D eigenvalue weighted by atomic mass is 10.5. The van der Waals surface area contributed by atoms with E-state index in [2.05, 4.69) is 21.8 Å². The zero-order chi connectivity index (χ0) is 8.10. The summed E-state index contributed by atoms with van der Waals surface area (Å²) < 4.78 is 0.